The number of hydrogen-bond acceptors (Lipinski definition) is 5. The zero-order chi connectivity index (χ0) is 13.3. The van der Waals surface area contributed by atoms with E-state index in [1.165, 1.54) is 19.3 Å². The molecular formula is C14H24N4O. The van der Waals surface area contributed by atoms with Gasteiger partial charge in [-0.15, -0.1) is 0 Å². The summed E-state index contributed by atoms with van der Waals surface area (Å²) < 4.78 is 5.71. The fourth-order valence-corrected chi connectivity index (χ4v) is 2.18. The smallest absolute Gasteiger partial charge is 0.224 e. The fraction of sp³-hybridized carbons (Fsp3) is 0.714. The van der Waals surface area contributed by atoms with Crippen molar-refractivity contribution >= 4 is 11.8 Å². The molecular weight excluding hydrogens is 240 g/mol. The van der Waals surface area contributed by atoms with E-state index in [-0.39, 0.29) is 0 Å². The van der Waals surface area contributed by atoms with Gasteiger partial charge >= 0.3 is 0 Å². The van der Waals surface area contributed by atoms with E-state index in [1.807, 2.05) is 6.07 Å². The van der Waals surface area contributed by atoms with Crippen LogP contribution in [-0.2, 0) is 4.74 Å². The topological polar surface area (TPSA) is 59.1 Å². The molecule has 1 aromatic heterocycles. The first-order valence-corrected chi connectivity index (χ1v) is 7.31. The summed E-state index contributed by atoms with van der Waals surface area (Å²) in [6, 6.07) is 1.90. The molecule has 1 fully saturated rings. The minimum Gasteiger partial charge on any atom is -0.378 e. The van der Waals surface area contributed by atoms with Crippen molar-refractivity contribution in [1.82, 2.24) is 9.97 Å². The lowest BCUT2D eigenvalue weighted by molar-refractivity contribution is 0.0134. The third-order valence-electron chi connectivity index (χ3n) is 3.24. The van der Waals surface area contributed by atoms with Crippen LogP contribution in [0.3, 0.4) is 0 Å². The lowest BCUT2D eigenvalue weighted by atomic mass is 10.1. The second-order valence-electron chi connectivity index (χ2n) is 4.90. The van der Waals surface area contributed by atoms with Gasteiger partial charge in [0.2, 0.25) is 5.95 Å². The molecule has 1 saturated heterocycles. The summed E-state index contributed by atoms with van der Waals surface area (Å²) in [6.45, 7) is 4.84. The van der Waals surface area contributed by atoms with E-state index in [1.54, 1.807) is 6.20 Å². The third kappa shape index (κ3) is 5.03. The van der Waals surface area contributed by atoms with Crippen LogP contribution in [-0.4, -0.2) is 35.8 Å². The standard InChI is InChI=1S/C14H24N4O/c1-2-8-16-14-17-10-7-13(18-14)15-9-6-12-5-3-4-11-19-12/h7,10,12H,2-6,8-9,11H2,1H3,(H2,15,16,17,18). The minimum absolute atomic E-state index is 0.417. The molecule has 0 radical (unpaired) electrons. The number of nitrogens with one attached hydrogen (secondary N) is 2. The molecule has 0 aromatic carbocycles. The Bertz CT molecular complexity index is 366. The molecule has 1 aliphatic heterocycles. The Morgan fingerprint density at radius 1 is 1.32 bits per heavy atom. The first-order chi connectivity index (χ1) is 9.38. The van der Waals surface area contributed by atoms with E-state index < -0.39 is 0 Å². The van der Waals surface area contributed by atoms with Crippen molar-refractivity contribution in [3.05, 3.63) is 12.3 Å². The minimum atomic E-state index is 0.417. The number of aromatic nitrogens is 2. The van der Waals surface area contributed by atoms with Gasteiger partial charge in [-0.25, -0.2) is 4.98 Å². The van der Waals surface area contributed by atoms with Crippen molar-refractivity contribution in [3.63, 3.8) is 0 Å². The number of ether oxygens (including phenoxy) is 1. The van der Waals surface area contributed by atoms with Gasteiger partial charge in [0.15, 0.2) is 0 Å². The Morgan fingerprint density at radius 2 is 2.26 bits per heavy atom. The highest BCUT2D eigenvalue weighted by atomic mass is 16.5. The van der Waals surface area contributed by atoms with Crippen LogP contribution in [0, 0.1) is 0 Å². The molecule has 2 heterocycles. The fourth-order valence-electron chi connectivity index (χ4n) is 2.18. The second-order valence-corrected chi connectivity index (χ2v) is 4.90. The molecule has 19 heavy (non-hydrogen) atoms. The molecule has 0 saturated carbocycles. The SMILES string of the molecule is CCCNc1nccc(NCCC2CCCCO2)n1. The first-order valence-electron chi connectivity index (χ1n) is 7.31. The van der Waals surface area contributed by atoms with Gasteiger partial charge in [-0.05, 0) is 38.2 Å². The molecule has 106 valence electrons. The van der Waals surface area contributed by atoms with E-state index in [0.717, 1.165) is 38.4 Å². The van der Waals surface area contributed by atoms with Crippen LogP contribution in [0.4, 0.5) is 11.8 Å². The summed E-state index contributed by atoms with van der Waals surface area (Å²) in [7, 11) is 0. The maximum atomic E-state index is 5.71. The number of nitrogens with zero attached hydrogens (tertiary/aromatic N) is 2. The van der Waals surface area contributed by atoms with Crippen molar-refractivity contribution in [2.24, 2.45) is 0 Å². The predicted octanol–water partition coefficient (Wildman–Crippen LogP) is 2.67. The molecule has 5 heteroatoms. The van der Waals surface area contributed by atoms with Crippen molar-refractivity contribution < 1.29 is 4.74 Å². The van der Waals surface area contributed by atoms with Gasteiger partial charge in [-0.1, -0.05) is 6.92 Å². The van der Waals surface area contributed by atoms with Gasteiger partial charge < -0.3 is 15.4 Å². The molecule has 0 amide bonds. The monoisotopic (exact) mass is 264 g/mol. The predicted molar refractivity (Wildman–Crippen MR) is 77.5 cm³/mol. The maximum absolute atomic E-state index is 5.71. The van der Waals surface area contributed by atoms with Crippen molar-refractivity contribution in [3.8, 4) is 0 Å². The van der Waals surface area contributed by atoms with Crippen LogP contribution in [0.5, 0.6) is 0 Å². The van der Waals surface area contributed by atoms with Gasteiger partial charge in [0.1, 0.15) is 5.82 Å². The molecule has 1 aromatic rings. The average molecular weight is 264 g/mol. The Balaban J connectivity index is 1.72. The second kappa shape index (κ2) is 7.94. The van der Waals surface area contributed by atoms with E-state index in [2.05, 4.69) is 27.5 Å². The van der Waals surface area contributed by atoms with Gasteiger partial charge in [0.05, 0.1) is 6.10 Å². The number of anilines is 2. The Hall–Kier alpha value is -1.36. The van der Waals surface area contributed by atoms with Crippen molar-refractivity contribution in [2.45, 2.75) is 45.1 Å². The van der Waals surface area contributed by atoms with Crippen LogP contribution in [0.15, 0.2) is 12.3 Å². The summed E-state index contributed by atoms with van der Waals surface area (Å²) in [5, 5.41) is 6.53. The number of rotatable bonds is 7. The van der Waals surface area contributed by atoms with E-state index in [4.69, 9.17) is 4.74 Å². The highest BCUT2D eigenvalue weighted by Gasteiger charge is 2.13. The van der Waals surface area contributed by atoms with E-state index in [0.29, 0.717) is 12.1 Å². The molecule has 1 aliphatic rings. The van der Waals surface area contributed by atoms with Gasteiger partial charge in [-0.2, -0.15) is 4.98 Å². The molecule has 0 bridgehead atoms. The van der Waals surface area contributed by atoms with E-state index >= 15 is 0 Å². The normalized spacial score (nSPS) is 19.1. The lowest BCUT2D eigenvalue weighted by Gasteiger charge is -2.22. The Labute approximate surface area is 115 Å². The quantitative estimate of drug-likeness (QED) is 0.793. The highest BCUT2D eigenvalue weighted by molar-refractivity contribution is 5.39. The molecule has 2 rings (SSSR count). The van der Waals surface area contributed by atoms with Crippen LogP contribution in [0.2, 0.25) is 0 Å². The lowest BCUT2D eigenvalue weighted by Crippen LogP contribution is -2.22. The van der Waals surface area contributed by atoms with Crippen molar-refractivity contribution in [2.75, 3.05) is 30.3 Å². The van der Waals surface area contributed by atoms with Crippen LogP contribution in [0.1, 0.15) is 39.0 Å². The molecule has 2 N–H and O–H groups in total. The zero-order valence-electron chi connectivity index (χ0n) is 11.7. The summed E-state index contributed by atoms with van der Waals surface area (Å²) >= 11 is 0. The molecule has 1 atom stereocenters. The third-order valence-corrected chi connectivity index (χ3v) is 3.24. The summed E-state index contributed by atoms with van der Waals surface area (Å²) in [5.41, 5.74) is 0. The summed E-state index contributed by atoms with van der Waals surface area (Å²) in [5.74, 6) is 1.57. The summed E-state index contributed by atoms with van der Waals surface area (Å²) in [4.78, 5) is 8.61. The van der Waals surface area contributed by atoms with Crippen LogP contribution >= 0.6 is 0 Å². The van der Waals surface area contributed by atoms with Gasteiger partial charge in [0.25, 0.3) is 0 Å². The highest BCUT2D eigenvalue weighted by Crippen LogP contribution is 2.15. The average Bonchev–Trinajstić information content (AvgIpc) is 2.47. The van der Waals surface area contributed by atoms with Crippen molar-refractivity contribution in [1.29, 1.82) is 0 Å². The van der Waals surface area contributed by atoms with Gasteiger partial charge in [0, 0.05) is 25.9 Å². The zero-order valence-corrected chi connectivity index (χ0v) is 11.7. The van der Waals surface area contributed by atoms with Crippen LogP contribution in [0.25, 0.3) is 0 Å². The molecule has 0 spiro atoms. The maximum Gasteiger partial charge on any atom is 0.224 e. The Kier molecular flexibility index (Phi) is 5.88. The van der Waals surface area contributed by atoms with Crippen LogP contribution < -0.4 is 10.6 Å². The largest absolute Gasteiger partial charge is 0.378 e. The molecule has 5 nitrogen and oxygen atoms in total. The number of hydrogen-bond donors (Lipinski definition) is 2. The molecule has 0 aliphatic carbocycles. The van der Waals surface area contributed by atoms with Gasteiger partial charge in [-0.3, -0.25) is 0 Å². The Morgan fingerprint density at radius 3 is 3.05 bits per heavy atom. The molecule has 1 unspecified atom stereocenters. The summed E-state index contributed by atoms with van der Waals surface area (Å²) in [6.07, 6.45) is 8.01. The first kappa shape index (κ1) is 14.1. The van der Waals surface area contributed by atoms with E-state index in [9.17, 15) is 0 Å².